The van der Waals surface area contributed by atoms with Crippen molar-refractivity contribution in [2.75, 3.05) is 26.2 Å². The molecule has 0 saturated carbocycles. The molecule has 1 saturated heterocycles. The molecule has 1 aliphatic heterocycles. The van der Waals surface area contributed by atoms with Gasteiger partial charge < -0.3 is 15.5 Å². The second-order valence-electron chi connectivity index (χ2n) is 4.66. The van der Waals surface area contributed by atoms with Gasteiger partial charge in [0, 0.05) is 26.2 Å². The summed E-state index contributed by atoms with van der Waals surface area (Å²) in [6.07, 6.45) is 0. The first-order chi connectivity index (χ1) is 8.55. The van der Waals surface area contributed by atoms with E-state index >= 15 is 0 Å². The van der Waals surface area contributed by atoms with Crippen LogP contribution in [-0.2, 0) is 10.3 Å². The van der Waals surface area contributed by atoms with Crippen LogP contribution in [-0.4, -0.2) is 47.3 Å². The Hall–Kier alpha value is -1.59. The van der Waals surface area contributed by atoms with E-state index in [4.69, 9.17) is 0 Å². The Kier molecular flexibility index (Phi) is 3.54. The summed E-state index contributed by atoms with van der Waals surface area (Å²) in [5, 5.41) is 22.1. The number of nitrogens with zero attached hydrogens (tertiary/aromatic N) is 1. The number of carboxylic acids is 1. The summed E-state index contributed by atoms with van der Waals surface area (Å²) in [6.45, 7) is 4.70. The number of aliphatic carboxylic acids is 1. The van der Waals surface area contributed by atoms with Crippen LogP contribution in [0.1, 0.15) is 12.5 Å². The van der Waals surface area contributed by atoms with E-state index in [1.165, 1.54) is 12.1 Å². The molecule has 98 valence electrons. The number of rotatable bonds is 3. The largest absolute Gasteiger partial charge is 0.508 e. The normalized spacial score (nSPS) is 20.3. The quantitative estimate of drug-likeness (QED) is 0.732. The number of hydrogen-bond donors (Lipinski definition) is 3. The molecular weight excluding hydrogens is 232 g/mol. The van der Waals surface area contributed by atoms with E-state index < -0.39 is 11.5 Å². The summed E-state index contributed by atoms with van der Waals surface area (Å²) in [5.41, 5.74) is -0.356. The third-order valence-electron chi connectivity index (χ3n) is 3.60. The lowest BCUT2D eigenvalue weighted by Crippen LogP contribution is -2.56. The van der Waals surface area contributed by atoms with Crippen molar-refractivity contribution in [1.29, 1.82) is 0 Å². The zero-order valence-corrected chi connectivity index (χ0v) is 10.4. The van der Waals surface area contributed by atoms with Crippen LogP contribution in [0.25, 0.3) is 0 Å². The van der Waals surface area contributed by atoms with Gasteiger partial charge in [0.2, 0.25) is 0 Å². The highest BCUT2D eigenvalue weighted by molar-refractivity contribution is 5.80. The standard InChI is InChI=1S/C13H18N2O3/c1-13(12(17)18,15-8-6-14-7-9-15)10-2-4-11(16)5-3-10/h2-5,14,16H,6-9H2,1H3,(H,17,18). The van der Waals surface area contributed by atoms with Gasteiger partial charge >= 0.3 is 5.97 Å². The predicted octanol–water partition coefficient (Wildman–Crippen LogP) is 0.597. The highest BCUT2D eigenvalue weighted by atomic mass is 16.4. The molecule has 1 aromatic carbocycles. The number of carboxylic acid groups (broad SMARTS) is 1. The summed E-state index contributed by atoms with van der Waals surface area (Å²) in [7, 11) is 0. The number of benzene rings is 1. The van der Waals surface area contributed by atoms with Gasteiger partial charge in [-0.2, -0.15) is 0 Å². The highest BCUT2D eigenvalue weighted by Gasteiger charge is 2.41. The first-order valence-electron chi connectivity index (χ1n) is 6.04. The number of carbonyl (C=O) groups is 1. The Balaban J connectivity index is 2.36. The van der Waals surface area contributed by atoms with Crippen molar-refractivity contribution < 1.29 is 15.0 Å². The van der Waals surface area contributed by atoms with Crippen molar-refractivity contribution in [1.82, 2.24) is 10.2 Å². The fourth-order valence-electron chi connectivity index (χ4n) is 2.34. The molecule has 5 heteroatoms. The van der Waals surface area contributed by atoms with E-state index in [0.717, 1.165) is 13.1 Å². The highest BCUT2D eigenvalue weighted by Crippen LogP contribution is 2.30. The van der Waals surface area contributed by atoms with Crippen LogP contribution in [0.5, 0.6) is 5.75 Å². The van der Waals surface area contributed by atoms with E-state index in [-0.39, 0.29) is 5.75 Å². The maximum atomic E-state index is 11.7. The van der Waals surface area contributed by atoms with Crippen LogP contribution in [0, 0.1) is 0 Å². The van der Waals surface area contributed by atoms with Crippen molar-refractivity contribution in [2.24, 2.45) is 0 Å². The Bertz CT molecular complexity index is 426. The summed E-state index contributed by atoms with van der Waals surface area (Å²) in [6, 6.07) is 6.40. The minimum Gasteiger partial charge on any atom is -0.508 e. The van der Waals surface area contributed by atoms with Gasteiger partial charge in [0.05, 0.1) is 0 Å². The maximum absolute atomic E-state index is 11.7. The summed E-state index contributed by atoms with van der Waals surface area (Å²) >= 11 is 0. The van der Waals surface area contributed by atoms with E-state index in [2.05, 4.69) is 5.32 Å². The lowest BCUT2D eigenvalue weighted by molar-refractivity contribution is -0.151. The zero-order valence-electron chi connectivity index (χ0n) is 10.4. The van der Waals surface area contributed by atoms with E-state index in [9.17, 15) is 15.0 Å². The van der Waals surface area contributed by atoms with Gasteiger partial charge in [-0.25, -0.2) is 4.79 Å². The number of nitrogens with one attached hydrogen (secondary N) is 1. The molecule has 0 amide bonds. The third kappa shape index (κ3) is 2.19. The van der Waals surface area contributed by atoms with Gasteiger partial charge in [-0.05, 0) is 24.6 Å². The lowest BCUT2D eigenvalue weighted by atomic mass is 9.89. The van der Waals surface area contributed by atoms with E-state index in [0.29, 0.717) is 18.7 Å². The Labute approximate surface area is 106 Å². The molecule has 1 aliphatic rings. The molecule has 2 rings (SSSR count). The van der Waals surface area contributed by atoms with E-state index in [1.807, 2.05) is 4.90 Å². The van der Waals surface area contributed by atoms with E-state index in [1.54, 1.807) is 19.1 Å². The molecular formula is C13H18N2O3. The number of hydrogen-bond acceptors (Lipinski definition) is 4. The van der Waals surface area contributed by atoms with Crippen LogP contribution < -0.4 is 5.32 Å². The van der Waals surface area contributed by atoms with Gasteiger partial charge in [-0.1, -0.05) is 12.1 Å². The molecule has 1 fully saturated rings. The predicted molar refractivity (Wildman–Crippen MR) is 67.5 cm³/mol. The van der Waals surface area contributed by atoms with Crippen LogP contribution in [0.3, 0.4) is 0 Å². The van der Waals surface area contributed by atoms with Gasteiger partial charge in [0.1, 0.15) is 11.3 Å². The Morgan fingerprint density at radius 1 is 1.28 bits per heavy atom. The molecule has 0 spiro atoms. The van der Waals surface area contributed by atoms with Crippen LogP contribution >= 0.6 is 0 Å². The van der Waals surface area contributed by atoms with Gasteiger partial charge in [0.25, 0.3) is 0 Å². The SMILES string of the molecule is CC(C(=O)O)(c1ccc(O)cc1)N1CCNCC1. The molecule has 3 N–H and O–H groups in total. The van der Waals surface area contributed by atoms with Crippen molar-refractivity contribution in [2.45, 2.75) is 12.5 Å². The minimum atomic E-state index is -1.05. The van der Waals surface area contributed by atoms with Crippen molar-refractivity contribution in [3.63, 3.8) is 0 Å². The second kappa shape index (κ2) is 4.96. The van der Waals surface area contributed by atoms with Crippen molar-refractivity contribution >= 4 is 5.97 Å². The number of aromatic hydroxyl groups is 1. The first kappa shape index (κ1) is 12.9. The number of phenols is 1. The van der Waals surface area contributed by atoms with Gasteiger partial charge in [-0.3, -0.25) is 4.90 Å². The molecule has 1 unspecified atom stereocenters. The average molecular weight is 250 g/mol. The lowest BCUT2D eigenvalue weighted by Gasteiger charge is -2.40. The maximum Gasteiger partial charge on any atom is 0.328 e. The summed E-state index contributed by atoms with van der Waals surface area (Å²) in [4.78, 5) is 13.6. The fraction of sp³-hybridized carbons (Fsp3) is 0.462. The zero-order chi connectivity index (χ0) is 13.2. The molecule has 1 atom stereocenters. The molecule has 18 heavy (non-hydrogen) atoms. The molecule has 1 aromatic rings. The fourth-order valence-corrected chi connectivity index (χ4v) is 2.34. The molecule has 1 heterocycles. The average Bonchev–Trinajstić information content (AvgIpc) is 2.39. The topological polar surface area (TPSA) is 72.8 Å². The molecule has 5 nitrogen and oxygen atoms in total. The molecule has 0 aliphatic carbocycles. The number of phenolic OH excluding ortho intramolecular Hbond substituents is 1. The van der Waals surface area contributed by atoms with Gasteiger partial charge in [-0.15, -0.1) is 0 Å². The summed E-state index contributed by atoms with van der Waals surface area (Å²) < 4.78 is 0. The number of piperazine rings is 1. The Morgan fingerprint density at radius 2 is 1.83 bits per heavy atom. The second-order valence-corrected chi connectivity index (χ2v) is 4.66. The molecule has 0 radical (unpaired) electrons. The Morgan fingerprint density at radius 3 is 2.33 bits per heavy atom. The monoisotopic (exact) mass is 250 g/mol. The van der Waals surface area contributed by atoms with Crippen LogP contribution in [0.4, 0.5) is 0 Å². The first-order valence-corrected chi connectivity index (χ1v) is 6.04. The van der Waals surface area contributed by atoms with Crippen molar-refractivity contribution in [3.05, 3.63) is 29.8 Å². The van der Waals surface area contributed by atoms with Crippen LogP contribution in [0.2, 0.25) is 0 Å². The minimum absolute atomic E-state index is 0.145. The third-order valence-corrected chi connectivity index (χ3v) is 3.60. The molecule has 0 aromatic heterocycles. The van der Waals surface area contributed by atoms with Crippen molar-refractivity contribution in [3.8, 4) is 5.75 Å². The van der Waals surface area contributed by atoms with Crippen LogP contribution in [0.15, 0.2) is 24.3 Å². The smallest absolute Gasteiger partial charge is 0.328 e. The summed E-state index contributed by atoms with van der Waals surface area (Å²) in [5.74, 6) is -0.720. The molecule has 0 bridgehead atoms. The van der Waals surface area contributed by atoms with Gasteiger partial charge in [0.15, 0.2) is 0 Å².